The summed E-state index contributed by atoms with van der Waals surface area (Å²) in [6, 6.07) is 5.42. The summed E-state index contributed by atoms with van der Waals surface area (Å²) in [6.07, 6.45) is 0. The zero-order valence-electron chi connectivity index (χ0n) is 9.79. The molecule has 1 rings (SSSR count). The van der Waals surface area contributed by atoms with Crippen LogP contribution < -0.4 is 10.6 Å². The number of hydrogen-bond donors (Lipinski definition) is 2. The molecule has 0 saturated carbocycles. The van der Waals surface area contributed by atoms with Gasteiger partial charge in [0.2, 0.25) is 11.8 Å². The van der Waals surface area contributed by atoms with Crippen molar-refractivity contribution in [1.82, 2.24) is 5.32 Å². The summed E-state index contributed by atoms with van der Waals surface area (Å²) < 4.78 is 12.6. The van der Waals surface area contributed by atoms with E-state index in [0.29, 0.717) is 5.69 Å². The average molecular weight is 238 g/mol. The Morgan fingerprint density at radius 2 is 1.82 bits per heavy atom. The molecule has 1 aromatic carbocycles. The van der Waals surface area contributed by atoms with Gasteiger partial charge >= 0.3 is 0 Å². The number of halogens is 1. The number of amides is 2. The van der Waals surface area contributed by atoms with E-state index in [9.17, 15) is 14.0 Å². The Hall–Kier alpha value is -1.91. The first-order valence-corrected chi connectivity index (χ1v) is 5.32. The minimum absolute atomic E-state index is 0.0889. The SMILES string of the molecule is CC(C)C(=O)NCC(=O)Nc1ccc(F)cc1. The lowest BCUT2D eigenvalue weighted by molar-refractivity contribution is -0.126. The summed E-state index contributed by atoms with van der Waals surface area (Å²) in [7, 11) is 0. The molecule has 0 unspecified atom stereocenters. The topological polar surface area (TPSA) is 58.2 Å². The van der Waals surface area contributed by atoms with Crippen LogP contribution in [0.1, 0.15) is 13.8 Å². The van der Waals surface area contributed by atoms with E-state index in [0.717, 1.165) is 0 Å². The van der Waals surface area contributed by atoms with Crippen LogP contribution in [0.2, 0.25) is 0 Å². The average Bonchev–Trinajstić information content (AvgIpc) is 2.29. The van der Waals surface area contributed by atoms with Crippen molar-refractivity contribution < 1.29 is 14.0 Å². The standard InChI is InChI=1S/C12H15FN2O2/c1-8(2)12(17)14-7-11(16)15-10-5-3-9(13)4-6-10/h3-6,8H,7H2,1-2H3,(H,14,17)(H,15,16). The van der Waals surface area contributed by atoms with Gasteiger partial charge in [-0.05, 0) is 24.3 Å². The van der Waals surface area contributed by atoms with Gasteiger partial charge in [-0.3, -0.25) is 9.59 Å². The minimum Gasteiger partial charge on any atom is -0.347 e. The van der Waals surface area contributed by atoms with Crippen molar-refractivity contribution in [2.75, 3.05) is 11.9 Å². The Morgan fingerprint density at radius 1 is 1.24 bits per heavy atom. The van der Waals surface area contributed by atoms with Crippen molar-refractivity contribution in [3.8, 4) is 0 Å². The van der Waals surface area contributed by atoms with Crippen LogP contribution in [0.4, 0.5) is 10.1 Å². The molecule has 5 heteroatoms. The Balaban J connectivity index is 2.40. The molecule has 0 radical (unpaired) electrons. The molecule has 0 fully saturated rings. The van der Waals surface area contributed by atoms with Crippen molar-refractivity contribution in [2.24, 2.45) is 5.92 Å². The predicted octanol–water partition coefficient (Wildman–Crippen LogP) is 1.54. The van der Waals surface area contributed by atoms with Crippen molar-refractivity contribution in [1.29, 1.82) is 0 Å². The van der Waals surface area contributed by atoms with Crippen molar-refractivity contribution in [2.45, 2.75) is 13.8 Å². The van der Waals surface area contributed by atoms with Crippen LogP contribution in [0.3, 0.4) is 0 Å². The third-order valence-corrected chi connectivity index (χ3v) is 2.08. The molecule has 2 N–H and O–H groups in total. The first-order valence-electron chi connectivity index (χ1n) is 5.32. The summed E-state index contributed by atoms with van der Waals surface area (Å²) in [5, 5.41) is 5.03. The number of nitrogens with one attached hydrogen (secondary N) is 2. The highest BCUT2D eigenvalue weighted by atomic mass is 19.1. The molecule has 0 bridgehead atoms. The lowest BCUT2D eigenvalue weighted by Gasteiger charge is -2.08. The Bertz CT molecular complexity index is 401. The molecule has 0 aliphatic rings. The highest BCUT2D eigenvalue weighted by Crippen LogP contribution is 2.07. The largest absolute Gasteiger partial charge is 0.347 e. The fraction of sp³-hybridized carbons (Fsp3) is 0.333. The van der Waals surface area contributed by atoms with Crippen LogP contribution in [0, 0.1) is 11.7 Å². The van der Waals surface area contributed by atoms with Gasteiger partial charge in [0.05, 0.1) is 6.54 Å². The van der Waals surface area contributed by atoms with Gasteiger partial charge in [0.15, 0.2) is 0 Å². The summed E-state index contributed by atoms with van der Waals surface area (Å²) in [6.45, 7) is 3.40. The minimum atomic E-state index is -0.365. The molecular weight excluding hydrogens is 223 g/mol. The van der Waals surface area contributed by atoms with E-state index in [2.05, 4.69) is 10.6 Å². The Labute approximate surface area is 99.2 Å². The van der Waals surface area contributed by atoms with Gasteiger partial charge in [0.1, 0.15) is 5.82 Å². The zero-order chi connectivity index (χ0) is 12.8. The van der Waals surface area contributed by atoms with Gasteiger partial charge in [-0.25, -0.2) is 4.39 Å². The second kappa shape index (κ2) is 5.98. The number of benzene rings is 1. The molecular formula is C12H15FN2O2. The lowest BCUT2D eigenvalue weighted by atomic mass is 10.2. The van der Waals surface area contributed by atoms with Crippen LogP contribution in [0.25, 0.3) is 0 Å². The monoisotopic (exact) mass is 238 g/mol. The molecule has 92 valence electrons. The third-order valence-electron chi connectivity index (χ3n) is 2.08. The number of carbonyl (C=O) groups is 2. The Morgan fingerprint density at radius 3 is 2.35 bits per heavy atom. The van der Waals surface area contributed by atoms with E-state index < -0.39 is 0 Å². The fourth-order valence-electron chi connectivity index (χ4n) is 1.11. The lowest BCUT2D eigenvalue weighted by Crippen LogP contribution is -2.35. The molecule has 0 aromatic heterocycles. The number of anilines is 1. The van der Waals surface area contributed by atoms with Gasteiger partial charge < -0.3 is 10.6 Å². The van der Waals surface area contributed by atoms with Crippen LogP contribution >= 0.6 is 0 Å². The van der Waals surface area contributed by atoms with E-state index in [1.54, 1.807) is 13.8 Å². The molecule has 1 aromatic rings. The summed E-state index contributed by atoms with van der Waals surface area (Å²) in [5.74, 6) is -1.05. The fourth-order valence-corrected chi connectivity index (χ4v) is 1.11. The van der Waals surface area contributed by atoms with E-state index in [1.807, 2.05) is 0 Å². The van der Waals surface area contributed by atoms with Crippen LogP contribution in [-0.4, -0.2) is 18.4 Å². The van der Waals surface area contributed by atoms with Crippen LogP contribution in [0.15, 0.2) is 24.3 Å². The van der Waals surface area contributed by atoms with Crippen molar-refractivity contribution >= 4 is 17.5 Å². The van der Waals surface area contributed by atoms with E-state index in [-0.39, 0.29) is 30.1 Å². The summed E-state index contributed by atoms with van der Waals surface area (Å²) in [5.41, 5.74) is 0.496. The highest BCUT2D eigenvalue weighted by molar-refractivity contribution is 5.94. The third kappa shape index (κ3) is 4.63. The van der Waals surface area contributed by atoms with Crippen molar-refractivity contribution in [3.63, 3.8) is 0 Å². The normalized spacial score (nSPS) is 10.1. The second-order valence-corrected chi connectivity index (χ2v) is 3.93. The maximum absolute atomic E-state index is 12.6. The highest BCUT2D eigenvalue weighted by Gasteiger charge is 2.08. The molecule has 0 atom stereocenters. The Kier molecular flexibility index (Phi) is 4.63. The second-order valence-electron chi connectivity index (χ2n) is 3.93. The van der Waals surface area contributed by atoms with E-state index in [4.69, 9.17) is 0 Å². The number of carbonyl (C=O) groups excluding carboxylic acids is 2. The summed E-state index contributed by atoms with van der Waals surface area (Å²) in [4.78, 5) is 22.6. The van der Waals surface area contributed by atoms with Crippen LogP contribution in [0.5, 0.6) is 0 Å². The zero-order valence-corrected chi connectivity index (χ0v) is 9.79. The quantitative estimate of drug-likeness (QED) is 0.835. The maximum atomic E-state index is 12.6. The van der Waals surface area contributed by atoms with E-state index in [1.165, 1.54) is 24.3 Å². The van der Waals surface area contributed by atoms with Gasteiger partial charge in [-0.15, -0.1) is 0 Å². The molecule has 0 saturated heterocycles. The first kappa shape index (κ1) is 13.2. The first-order chi connectivity index (χ1) is 7.99. The molecule has 0 aliphatic carbocycles. The summed E-state index contributed by atoms with van der Waals surface area (Å²) >= 11 is 0. The van der Waals surface area contributed by atoms with Gasteiger partial charge in [-0.1, -0.05) is 13.8 Å². The molecule has 0 spiro atoms. The molecule has 0 heterocycles. The smallest absolute Gasteiger partial charge is 0.243 e. The number of hydrogen-bond acceptors (Lipinski definition) is 2. The molecule has 17 heavy (non-hydrogen) atoms. The van der Waals surface area contributed by atoms with Gasteiger partial charge in [0, 0.05) is 11.6 Å². The van der Waals surface area contributed by atoms with E-state index >= 15 is 0 Å². The molecule has 2 amide bonds. The van der Waals surface area contributed by atoms with Crippen LogP contribution in [-0.2, 0) is 9.59 Å². The number of rotatable bonds is 4. The maximum Gasteiger partial charge on any atom is 0.243 e. The van der Waals surface area contributed by atoms with Gasteiger partial charge in [0.25, 0.3) is 0 Å². The molecule has 0 aliphatic heterocycles. The van der Waals surface area contributed by atoms with Crippen molar-refractivity contribution in [3.05, 3.63) is 30.1 Å². The molecule has 4 nitrogen and oxygen atoms in total. The van der Waals surface area contributed by atoms with Gasteiger partial charge in [-0.2, -0.15) is 0 Å². The predicted molar refractivity (Wildman–Crippen MR) is 62.9 cm³/mol.